The molecule has 14 heavy (non-hydrogen) atoms. The normalized spacial score (nSPS) is 31.5. The Morgan fingerprint density at radius 1 is 1.14 bits per heavy atom. The molecule has 82 valence electrons. The van der Waals surface area contributed by atoms with Crippen LogP contribution in [-0.4, -0.2) is 56.6 Å². The van der Waals surface area contributed by atoms with Crippen molar-refractivity contribution in [3.8, 4) is 0 Å². The highest BCUT2D eigenvalue weighted by molar-refractivity contribution is 4.69. The van der Waals surface area contributed by atoms with Gasteiger partial charge in [0.05, 0.1) is 26.4 Å². The van der Waals surface area contributed by atoms with Gasteiger partial charge in [-0.1, -0.05) is 0 Å². The van der Waals surface area contributed by atoms with Crippen molar-refractivity contribution in [2.24, 2.45) is 0 Å². The van der Waals surface area contributed by atoms with Gasteiger partial charge < -0.3 is 24.1 Å². The minimum absolute atomic E-state index is 0.0711. The molecule has 0 saturated carbocycles. The Morgan fingerprint density at radius 2 is 1.64 bits per heavy atom. The Morgan fingerprint density at radius 3 is 2.00 bits per heavy atom. The summed E-state index contributed by atoms with van der Waals surface area (Å²) in [6.45, 7) is 2.73. The first-order valence-corrected chi connectivity index (χ1v) is 4.95. The molecule has 2 aliphatic rings. The molecule has 0 aromatic rings. The Balaban J connectivity index is 1.57. The van der Waals surface area contributed by atoms with E-state index in [1.165, 1.54) is 0 Å². The Hall–Kier alpha value is -0.200. The van der Waals surface area contributed by atoms with Crippen LogP contribution in [-0.2, 0) is 18.9 Å². The SMILES string of the molecule is OCCC(OCC1CO1)OCC1CO1. The van der Waals surface area contributed by atoms with E-state index in [-0.39, 0.29) is 25.1 Å². The Kier molecular flexibility index (Phi) is 3.72. The maximum atomic E-state index is 8.78. The Labute approximate surface area is 82.9 Å². The lowest BCUT2D eigenvalue weighted by Gasteiger charge is -2.16. The first kappa shape index (κ1) is 10.3. The number of hydrogen-bond acceptors (Lipinski definition) is 5. The van der Waals surface area contributed by atoms with E-state index in [2.05, 4.69) is 0 Å². The third-order valence-electron chi connectivity index (χ3n) is 2.11. The van der Waals surface area contributed by atoms with E-state index in [0.29, 0.717) is 19.6 Å². The molecular formula is C9H16O5. The van der Waals surface area contributed by atoms with Gasteiger partial charge in [-0.3, -0.25) is 0 Å². The van der Waals surface area contributed by atoms with Crippen LogP contribution in [0, 0.1) is 0 Å². The lowest BCUT2D eigenvalue weighted by molar-refractivity contribution is -0.154. The standard InChI is InChI=1S/C9H16O5/c10-2-1-9(13-5-7-3-11-7)14-6-8-4-12-8/h7-10H,1-6H2. The summed E-state index contributed by atoms with van der Waals surface area (Å²) < 4.78 is 20.9. The number of aliphatic hydroxyl groups is 1. The molecule has 2 saturated heterocycles. The van der Waals surface area contributed by atoms with Gasteiger partial charge in [0.15, 0.2) is 6.29 Å². The van der Waals surface area contributed by atoms with Gasteiger partial charge in [0.25, 0.3) is 0 Å². The largest absolute Gasteiger partial charge is 0.396 e. The second kappa shape index (κ2) is 5.04. The molecule has 0 aromatic heterocycles. The highest BCUT2D eigenvalue weighted by Gasteiger charge is 2.27. The summed E-state index contributed by atoms with van der Waals surface area (Å²) >= 11 is 0. The van der Waals surface area contributed by atoms with Crippen LogP contribution < -0.4 is 0 Å². The minimum Gasteiger partial charge on any atom is -0.396 e. The van der Waals surface area contributed by atoms with Crippen LogP contribution in [0.1, 0.15) is 6.42 Å². The lowest BCUT2D eigenvalue weighted by Crippen LogP contribution is -2.23. The van der Waals surface area contributed by atoms with Gasteiger partial charge >= 0.3 is 0 Å². The molecule has 5 nitrogen and oxygen atoms in total. The first-order valence-electron chi connectivity index (χ1n) is 4.95. The zero-order valence-corrected chi connectivity index (χ0v) is 8.05. The third-order valence-corrected chi connectivity index (χ3v) is 2.11. The van der Waals surface area contributed by atoms with Crippen molar-refractivity contribution in [3.05, 3.63) is 0 Å². The van der Waals surface area contributed by atoms with E-state index in [1.54, 1.807) is 0 Å². The molecule has 2 fully saturated rings. The second-order valence-corrected chi connectivity index (χ2v) is 3.52. The third kappa shape index (κ3) is 3.89. The molecule has 0 radical (unpaired) electrons. The molecule has 2 rings (SSSR count). The van der Waals surface area contributed by atoms with Crippen molar-refractivity contribution in [2.75, 3.05) is 33.0 Å². The average Bonchev–Trinajstić information content (AvgIpc) is 3.02. The van der Waals surface area contributed by atoms with Gasteiger partial charge in [-0.25, -0.2) is 0 Å². The van der Waals surface area contributed by atoms with E-state index < -0.39 is 0 Å². The summed E-state index contributed by atoms with van der Waals surface area (Å²) in [5.74, 6) is 0. The molecular weight excluding hydrogens is 188 g/mol. The van der Waals surface area contributed by atoms with Crippen molar-refractivity contribution in [1.29, 1.82) is 0 Å². The molecule has 2 aliphatic heterocycles. The van der Waals surface area contributed by atoms with Crippen molar-refractivity contribution >= 4 is 0 Å². The predicted octanol–water partition coefficient (Wildman–Crippen LogP) is -0.474. The van der Waals surface area contributed by atoms with Crippen molar-refractivity contribution < 1.29 is 24.1 Å². The summed E-state index contributed by atoms with van der Waals surface area (Å²) in [6.07, 6.45) is 0.640. The van der Waals surface area contributed by atoms with E-state index in [4.69, 9.17) is 24.1 Å². The highest BCUT2D eigenvalue weighted by atomic mass is 16.7. The molecule has 2 unspecified atom stereocenters. The van der Waals surface area contributed by atoms with Crippen LogP contribution in [0.4, 0.5) is 0 Å². The Bertz CT molecular complexity index is 151. The smallest absolute Gasteiger partial charge is 0.160 e. The number of epoxide rings is 2. The van der Waals surface area contributed by atoms with Gasteiger partial charge in [0.1, 0.15) is 12.2 Å². The quantitative estimate of drug-likeness (QED) is 0.427. The molecule has 0 amide bonds. The van der Waals surface area contributed by atoms with Crippen molar-refractivity contribution in [2.45, 2.75) is 24.9 Å². The molecule has 0 aromatic carbocycles. The van der Waals surface area contributed by atoms with Crippen LogP contribution in [0.5, 0.6) is 0 Å². The fourth-order valence-corrected chi connectivity index (χ4v) is 1.08. The summed E-state index contributed by atoms with van der Waals surface area (Å²) in [5.41, 5.74) is 0. The molecule has 5 heteroatoms. The van der Waals surface area contributed by atoms with Crippen LogP contribution in [0.15, 0.2) is 0 Å². The fourth-order valence-electron chi connectivity index (χ4n) is 1.08. The summed E-state index contributed by atoms with van der Waals surface area (Å²) in [6, 6.07) is 0. The average molecular weight is 204 g/mol. The zero-order valence-electron chi connectivity index (χ0n) is 8.05. The van der Waals surface area contributed by atoms with Crippen LogP contribution in [0.25, 0.3) is 0 Å². The second-order valence-electron chi connectivity index (χ2n) is 3.52. The maximum Gasteiger partial charge on any atom is 0.160 e. The predicted molar refractivity (Wildman–Crippen MR) is 46.9 cm³/mol. The molecule has 0 aliphatic carbocycles. The van der Waals surface area contributed by atoms with Gasteiger partial charge in [0.2, 0.25) is 0 Å². The molecule has 2 atom stereocenters. The molecule has 0 spiro atoms. The fraction of sp³-hybridized carbons (Fsp3) is 1.00. The topological polar surface area (TPSA) is 63.8 Å². The van der Waals surface area contributed by atoms with Crippen LogP contribution in [0.3, 0.4) is 0 Å². The van der Waals surface area contributed by atoms with E-state index in [1.807, 2.05) is 0 Å². The number of ether oxygens (including phenoxy) is 4. The lowest BCUT2D eigenvalue weighted by atomic mass is 10.4. The maximum absolute atomic E-state index is 8.78. The summed E-state index contributed by atoms with van der Waals surface area (Å²) in [4.78, 5) is 0. The molecule has 0 bridgehead atoms. The van der Waals surface area contributed by atoms with Gasteiger partial charge in [-0.2, -0.15) is 0 Å². The van der Waals surface area contributed by atoms with Gasteiger partial charge in [-0.05, 0) is 0 Å². The molecule has 2 heterocycles. The van der Waals surface area contributed by atoms with E-state index in [9.17, 15) is 0 Å². The van der Waals surface area contributed by atoms with E-state index in [0.717, 1.165) is 13.2 Å². The van der Waals surface area contributed by atoms with E-state index >= 15 is 0 Å². The van der Waals surface area contributed by atoms with Crippen LogP contribution in [0.2, 0.25) is 0 Å². The zero-order chi connectivity index (χ0) is 9.80. The van der Waals surface area contributed by atoms with Crippen LogP contribution >= 0.6 is 0 Å². The number of rotatable bonds is 8. The minimum atomic E-state index is -0.326. The first-order chi connectivity index (χ1) is 6.88. The number of aliphatic hydroxyl groups excluding tert-OH is 1. The highest BCUT2D eigenvalue weighted by Crippen LogP contribution is 2.14. The van der Waals surface area contributed by atoms with Gasteiger partial charge in [0, 0.05) is 13.0 Å². The van der Waals surface area contributed by atoms with Gasteiger partial charge in [-0.15, -0.1) is 0 Å². The summed E-state index contributed by atoms with van der Waals surface area (Å²) in [5, 5.41) is 8.78. The summed E-state index contributed by atoms with van der Waals surface area (Å²) in [7, 11) is 0. The van der Waals surface area contributed by atoms with Crippen molar-refractivity contribution in [1.82, 2.24) is 0 Å². The number of hydrogen-bond donors (Lipinski definition) is 1. The monoisotopic (exact) mass is 204 g/mol. The molecule has 1 N–H and O–H groups in total. The van der Waals surface area contributed by atoms with Crippen molar-refractivity contribution in [3.63, 3.8) is 0 Å².